The van der Waals surface area contributed by atoms with E-state index >= 15 is 0 Å². The normalized spacial score (nSPS) is 19.7. The molecule has 0 amide bonds. The van der Waals surface area contributed by atoms with Crippen LogP contribution >= 0.6 is 0 Å². The summed E-state index contributed by atoms with van der Waals surface area (Å²) in [6.45, 7) is 4.50. The van der Waals surface area contributed by atoms with E-state index in [-0.39, 0.29) is 38.3 Å². The van der Waals surface area contributed by atoms with Crippen molar-refractivity contribution in [3.63, 3.8) is 0 Å². The molecule has 9 aromatic carbocycles. The summed E-state index contributed by atoms with van der Waals surface area (Å²) in [7, 11) is 21.7. The molecule has 25 nitrogen and oxygen atoms in total. The highest BCUT2D eigenvalue weighted by molar-refractivity contribution is 6.00. The number of benzene rings is 9. The van der Waals surface area contributed by atoms with E-state index in [0.29, 0.717) is 121 Å². The first-order valence-electron chi connectivity index (χ1n) is 36.5. The Hall–Kier alpha value is -12.0. The van der Waals surface area contributed by atoms with Crippen molar-refractivity contribution in [3.05, 3.63) is 187 Å². The molecule has 0 bridgehead atoms. The van der Waals surface area contributed by atoms with Gasteiger partial charge in [0, 0.05) is 69.7 Å². The Bertz CT molecular complexity index is 5280. The summed E-state index contributed by atoms with van der Waals surface area (Å²) < 4.78 is 124. The molecule has 0 aliphatic carbocycles. The molecule has 0 N–H and O–H groups in total. The maximum Gasteiger partial charge on any atom is 0.343 e. The van der Waals surface area contributed by atoms with E-state index < -0.39 is 42.3 Å². The third-order valence-electron chi connectivity index (χ3n) is 22.4. The van der Waals surface area contributed by atoms with Gasteiger partial charge in [-0.2, -0.15) is 0 Å². The molecule has 9 aliphatic heterocycles. The highest BCUT2D eigenvalue weighted by Gasteiger charge is 2.52. The SMILES string of the molecule is COc1ccc2c(c1OC)C(=O)O[C@@H]2[C@H]1c2c(c(-c3ccc(F)cc3)c3c(c2OC)OCO3)CCN1C.COc1ccc2c(c1OC)C(=O)O[C@@H]2[C@H]1c2c(c(-c3cccc(C)c3)c3c(c2OC)OCO3)CCN1C.COc1cccc(-c2c3c(c(OC)c4c2OCO4)[C@H]([C@H]2OC(=O)c4c2ccc(OC)c4OC)N(C)CC3)c1. The molecule has 0 fully saturated rings. The number of aryl methyl sites for hydroxylation is 1. The van der Waals surface area contributed by atoms with Crippen LogP contribution in [-0.4, -0.2) is 165 Å². The maximum absolute atomic E-state index is 13.8. The van der Waals surface area contributed by atoms with E-state index in [9.17, 15) is 18.8 Å². The smallest absolute Gasteiger partial charge is 0.343 e. The molecule has 582 valence electrons. The van der Waals surface area contributed by atoms with Gasteiger partial charge in [0.2, 0.25) is 37.6 Å². The van der Waals surface area contributed by atoms with Crippen LogP contribution in [0.2, 0.25) is 0 Å². The van der Waals surface area contributed by atoms with Crippen LogP contribution in [0.25, 0.3) is 33.4 Å². The molecule has 9 aromatic rings. The summed E-state index contributed by atoms with van der Waals surface area (Å²) in [5.41, 5.74) is 15.9. The number of rotatable bonds is 16. The molecule has 18 rings (SSSR count). The van der Waals surface area contributed by atoms with Gasteiger partial charge in [0.15, 0.2) is 69.0 Å². The van der Waals surface area contributed by atoms with Crippen molar-refractivity contribution >= 4 is 17.9 Å². The molecule has 0 saturated heterocycles. The fourth-order valence-electron chi connectivity index (χ4n) is 17.6. The summed E-state index contributed by atoms with van der Waals surface area (Å²) in [5, 5.41) is 0. The average Bonchev–Trinajstić information content (AvgIpc) is 1.54. The van der Waals surface area contributed by atoms with E-state index in [1.165, 1.54) is 40.6 Å². The van der Waals surface area contributed by atoms with E-state index in [1.807, 2.05) is 75.7 Å². The summed E-state index contributed by atoms with van der Waals surface area (Å²) in [4.78, 5) is 46.1. The molecule has 0 unspecified atom stereocenters. The number of ether oxygens (including phenoxy) is 19. The second kappa shape index (κ2) is 30.0. The van der Waals surface area contributed by atoms with Crippen molar-refractivity contribution in [2.45, 2.75) is 62.6 Å². The highest BCUT2D eigenvalue weighted by atomic mass is 19.1. The number of carbonyl (C=O) groups excluding carboxylic acids is 3. The zero-order valence-corrected chi connectivity index (χ0v) is 64.4. The number of hydrogen-bond donors (Lipinski definition) is 0. The first-order chi connectivity index (χ1) is 54.5. The standard InChI is InChI=1S/C29H29NO8.C29H29NO7.C28H26FNO7/c1-30-12-11-17-20(15-7-6-8-16(13-15)32-2)27-28(37-14-36-27)26(35-5)21(17)23(30)24-18-9-10-19(33-3)25(34-4)22(18)29(31)38-24;1-15-7-6-8-16(13-15)20-17-11-12-30(2)23(21(17)26(34-5)28-27(20)35-14-36-28)24-18-9-10-19(32-3)25(33-4)22(18)29(31)37-24;1-30-12-11-16-19(14-5-7-15(29)8-6-14)26-27(36-13-35-26)25(34-4)20(16)22(30)23-17-9-10-18(32-2)24(33-3)21(17)28(31)37-23/h6-10,13,23-24H,11-12,14H2,1-5H3;6-10,13,23-24H,11-12,14H2,1-5H3;5-10,22-23H,11-13H2,1-4H3/t2*23-,24+;22-,23+/m111/s1. The minimum atomic E-state index is -0.637. The molecule has 9 aliphatic rings. The summed E-state index contributed by atoms with van der Waals surface area (Å²) >= 11 is 0. The molecular weight excluding hydrogens is 1450 g/mol. The number of carbonyl (C=O) groups is 3. The van der Waals surface area contributed by atoms with Crippen molar-refractivity contribution in [2.75, 3.05) is 132 Å². The summed E-state index contributed by atoms with van der Waals surface area (Å²) in [5.74, 6) is 6.81. The lowest BCUT2D eigenvalue weighted by Crippen LogP contribution is -2.36. The Labute approximate surface area is 646 Å². The fourth-order valence-corrected chi connectivity index (χ4v) is 17.6. The summed E-state index contributed by atoms with van der Waals surface area (Å²) in [6, 6.07) is 32.5. The van der Waals surface area contributed by atoms with Crippen LogP contribution in [0, 0.1) is 12.7 Å². The molecular formula is C86H84FN3O22. The summed E-state index contributed by atoms with van der Waals surface area (Å²) in [6.07, 6.45) is 0.377. The number of hydrogen-bond acceptors (Lipinski definition) is 25. The fraction of sp³-hybridized carbons (Fsp3) is 0.337. The van der Waals surface area contributed by atoms with Gasteiger partial charge in [-0.15, -0.1) is 0 Å². The second-order valence-electron chi connectivity index (χ2n) is 28.0. The molecule has 9 heterocycles. The Kier molecular flexibility index (Phi) is 19.9. The van der Waals surface area contributed by atoms with Crippen molar-refractivity contribution in [1.29, 1.82) is 0 Å². The Balaban J connectivity index is 0.000000127. The Morgan fingerprint density at radius 2 is 0.679 bits per heavy atom. The van der Waals surface area contributed by atoms with Gasteiger partial charge in [0.1, 0.15) is 46.6 Å². The minimum absolute atomic E-state index is 0.0432. The van der Waals surface area contributed by atoms with E-state index in [0.717, 1.165) is 115 Å². The van der Waals surface area contributed by atoms with Crippen molar-refractivity contribution in [3.8, 4) is 125 Å². The van der Waals surface area contributed by atoms with Crippen LogP contribution < -0.4 is 75.8 Å². The molecule has 0 saturated carbocycles. The van der Waals surface area contributed by atoms with Gasteiger partial charge >= 0.3 is 17.9 Å². The third-order valence-corrected chi connectivity index (χ3v) is 22.4. The third kappa shape index (κ3) is 11.9. The van der Waals surface area contributed by atoms with Crippen LogP contribution in [0.1, 0.15) is 123 Å². The van der Waals surface area contributed by atoms with Gasteiger partial charge in [-0.25, -0.2) is 18.8 Å². The first-order valence-corrected chi connectivity index (χ1v) is 36.5. The lowest BCUT2D eigenvalue weighted by molar-refractivity contribution is 0.00809. The largest absolute Gasteiger partial charge is 0.497 e. The van der Waals surface area contributed by atoms with Crippen molar-refractivity contribution in [2.24, 2.45) is 0 Å². The number of cyclic esters (lactones) is 3. The topological polar surface area (TPSA) is 236 Å². The zero-order chi connectivity index (χ0) is 78.2. The van der Waals surface area contributed by atoms with Crippen molar-refractivity contribution < 1.29 is 109 Å². The lowest BCUT2D eigenvalue weighted by atomic mass is 9.81. The molecule has 26 heteroatoms. The van der Waals surface area contributed by atoms with Crippen LogP contribution in [0.4, 0.5) is 4.39 Å². The van der Waals surface area contributed by atoms with Crippen LogP contribution in [-0.2, 0) is 33.5 Å². The number of nitrogens with zero attached hydrogens (tertiary/aromatic N) is 3. The van der Waals surface area contributed by atoms with Gasteiger partial charge in [-0.3, -0.25) is 14.7 Å². The van der Waals surface area contributed by atoms with E-state index in [4.69, 9.17) is 90.0 Å². The number of fused-ring (bicyclic) bond motifs is 9. The second-order valence-corrected chi connectivity index (χ2v) is 28.0. The van der Waals surface area contributed by atoms with Crippen LogP contribution in [0.5, 0.6) is 92.0 Å². The van der Waals surface area contributed by atoms with Crippen molar-refractivity contribution in [1.82, 2.24) is 14.7 Å². The zero-order valence-electron chi connectivity index (χ0n) is 64.4. The van der Waals surface area contributed by atoms with E-state index in [1.54, 1.807) is 66.9 Å². The monoisotopic (exact) mass is 1530 g/mol. The van der Waals surface area contributed by atoms with E-state index in [2.05, 4.69) is 39.8 Å². The Morgan fingerprint density at radius 1 is 0.348 bits per heavy atom. The molecule has 0 aromatic heterocycles. The number of esters is 3. The van der Waals surface area contributed by atoms with Gasteiger partial charge in [0.05, 0.1) is 89.2 Å². The van der Waals surface area contributed by atoms with Crippen LogP contribution in [0.3, 0.4) is 0 Å². The quantitative estimate of drug-likeness (QED) is 0.0645. The van der Waals surface area contributed by atoms with Gasteiger partial charge in [-0.05, 0) is 123 Å². The minimum Gasteiger partial charge on any atom is -0.497 e. The highest BCUT2D eigenvalue weighted by Crippen LogP contribution is 2.64. The molecule has 6 atom stereocenters. The maximum atomic E-state index is 13.8. The number of likely N-dealkylation sites (N-methyl/N-ethyl adjacent to an activating group) is 3. The molecule has 0 radical (unpaired) electrons. The molecule has 112 heavy (non-hydrogen) atoms. The number of halogens is 1. The lowest BCUT2D eigenvalue weighted by Gasteiger charge is -2.39. The predicted molar refractivity (Wildman–Crippen MR) is 405 cm³/mol. The molecule has 0 spiro atoms. The predicted octanol–water partition coefficient (Wildman–Crippen LogP) is 14.1. The Morgan fingerprint density at radius 3 is 1.01 bits per heavy atom. The van der Waals surface area contributed by atoms with Crippen LogP contribution in [0.15, 0.2) is 109 Å². The van der Waals surface area contributed by atoms with Gasteiger partial charge < -0.3 is 90.0 Å². The van der Waals surface area contributed by atoms with Gasteiger partial charge in [0.25, 0.3) is 0 Å². The first kappa shape index (κ1) is 74.1. The average molecular weight is 1530 g/mol. The number of methoxy groups -OCH3 is 10. The van der Waals surface area contributed by atoms with Gasteiger partial charge in [-0.1, -0.05) is 72.3 Å².